The van der Waals surface area contributed by atoms with Crippen LogP contribution in [0.25, 0.3) is 0 Å². The number of benzene rings is 1. The minimum absolute atomic E-state index is 0.0433. The third-order valence-corrected chi connectivity index (χ3v) is 3.33. The fraction of sp³-hybridized carbons (Fsp3) is 0.0769. The summed E-state index contributed by atoms with van der Waals surface area (Å²) in [6.45, 7) is 0. The van der Waals surface area contributed by atoms with E-state index in [0.29, 0.717) is 11.5 Å². The largest absolute Gasteiger partial charge is 0.373 e. The maximum Gasteiger partial charge on any atom is 0.300 e. The Morgan fingerprint density at radius 2 is 2.14 bits per heavy atom. The lowest BCUT2D eigenvalue weighted by atomic mass is 10.2. The smallest absolute Gasteiger partial charge is 0.300 e. The Hall–Kier alpha value is -2.23. The maximum absolute atomic E-state index is 12.2. The van der Waals surface area contributed by atoms with Crippen LogP contribution in [-0.4, -0.2) is 22.9 Å². The molecular weight excluding hydrogens is 387 g/mol. The number of carbonyl (C=O) groups is 1. The molecule has 2 aromatic rings. The van der Waals surface area contributed by atoms with Gasteiger partial charge >= 0.3 is 0 Å². The number of aromatic nitrogens is 1. The average Bonchev–Trinajstić information content (AvgIpc) is 2.46. The van der Waals surface area contributed by atoms with Gasteiger partial charge in [-0.1, -0.05) is 6.07 Å². The van der Waals surface area contributed by atoms with Crippen molar-refractivity contribution >= 4 is 45.7 Å². The molecule has 2 rings (SSSR count). The highest BCUT2D eigenvalue weighted by Crippen LogP contribution is 2.22. The van der Waals surface area contributed by atoms with Crippen LogP contribution in [-0.2, 0) is 0 Å². The van der Waals surface area contributed by atoms with Crippen molar-refractivity contribution in [2.75, 3.05) is 17.7 Å². The molecule has 7 nitrogen and oxygen atoms in total. The lowest BCUT2D eigenvalue weighted by Gasteiger charge is -2.07. The highest BCUT2D eigenvalue weighted by atomic mass is 127. The van der Waals surface area contributed by atoms with E-state index in [2.05, 4.69) is 38.2 Å². The minimum Gasteiger partial charge on any atom is -0.373 e. The van der Waals surface area contributed by atoms with Crippen molar-refractivity contribution in [2.45, 2.75) is 0 Å². The van der Waals surface area contributed by atoms with Gasteiger partial charge in [-0.05, 0) is 40.8 Å². The first-order valence-electron chi connectivity index (χ1n) is 5.90. The molecule has 1 heterocycles. The molecule has 0 aliphatic heterocycles. The Labute approximate surface area is 134 Å². The topological polar surface area (TPSA) is 97.2 Å². The molecule has 2 N–H and O–H groups in total. The van der Waals surface area contributed by atoms with Crippen LogP contribution < -0.4 is 10.6 Å². The monoisotopic (exact) mass is 398 g/mol. The SMILES string of the molecule is CNc1cc(C(=O)Nc2cccc(I)c2)c([N+](=O)[O-])cn1. The third kappa shape index (κ3) is 3.66. The van der Waals surface area contributed by atoms with Gasteiger partial charge in [-0.15, -0.1) is 0 Å². The number of hydrogen-bond donors (Lipinski definition) is 2. The van der Waals surface area contributed by atoms with Gasteiger partial charge in [0.1, 0.15) is 17.6 Å². The van der Waals surface area contributed by atoms with E-state index in [1.807, 2.05) is 6.07 Å². The zero-order valence-electron chi connectivity index (χ0n) is 11.0. The summed E-state index contributed by atoms with van der Waals surface area (Å²) >= 11 is 2.12. The maximum atomic E-state index is 12.2. The Morgan fingerprint density at radius 3 is 2.76 bits per heavy atom. The molecule has 0 radical (unpaired) electrons. The molecule has 0 saturated carbocycles. The van der Waals surface area contributed by atoms with Crippen molar-refractivity contribution in [3.05, 3.63) is 55.8 Å². The van der Waals surface area contributed by atoms with Gasteiger partial charge in [-0.25, -0.2) is 4.98 Å². The Kier molecular flexibility index (Phi) is 4.68. The molecule has 0 aliphatic carbocycles. The summed E-state index contributed by atoms with van der Waals surface area (Å²) < 4.78 is 0.950. The number of carbonyl (C=O) groups excluding carboxylic acids is 1. The lowest BCUT2D eigenvalue weighted by molar-refractivity contribution is -0.385. The van der Waals surface area contributed by atoms with Crippen LogP contribution in [0.4, 0.5) is 17.2 Å². The molecule has 0 fully saturated rings. The number of nitro groups is 1. The number of hydrogen-bond acceptors (Lipinski definition) is 5. The van der Waals surface area contributed by atoms with E-state index < -0.39 is 10.8 Å². The Balaban J connectivity index is 2.35. The zero-order chi connectivity index (χ0) is 15.4. The second-order valence-electron chi connectivity index (χ2n) is 4.06. The predicted octanol–water partition coefficient (Wildman–Crippen LogP) is 2.89. The normalized spacial score (nSPS) is 10.0. The molecule has 0 unspecified atom stereocenters. The highest BCUT2D eigenvalue weighted by Gasteiger charge is 2.21. The van der Waals surface area contributed by atoms with Crippen LogP contribution >= 0.6 is 22.6 Å². The van der Waals surface area contributed by atoms with E-state index in [1.54, 1.807) is 25.2 Å². The second kappa shape index (κ2) is 6.48. The summed E-state index contributed by atoms with van der Waals surface area (Å²) in [5.41, 5.74) is 0.194. The first-order chi connectivity index (χ1) is 10.0. The molecule has 0 spiro atoms. The molecule has 1 aromatic carbocycles. The van der Waals surface area contributed by atoms with Gasteiger partial charge in [-0.2, -0.15) is 0 Å². The van der Waals surface area contributed by atoms with Crippen LogP contribution in [0.1, 0.15) is 10.4 Å². The molecule has 1 aromatic heterocycles. The second-order valence-corrected chi connectivity index (χ2v) is 5.30. The van der Waals surface area contributed by atoms with Gasteiger partial charge < -0.3 is 10.6 Å². The van der Waals surface area contributed by atoms with E-state index in [-0.39, 0.29) is 11.3 Å². The molecule has 1 amide bonds. The Morgan fingerprint density at radius 1 is 1.38 bits per heavy atom. The summed E-state index contributed by atoms with van der Waals surface area (Å²) in [5.74, 6) is -0.170. The van der Waals surface area contributed by atoms with Crippen molar-refractivity contribution in [3.63, 3.8) is 0 Å². The number of nitrogens with one attached hydrogen (secondary N) is 2. The van der Waals surface area contributed by atoms with E-state index in [4.69, 9.17) is 0 Å². The molecule has 0 saturated heterocycles. The quantitative estimate of drug-likeness (QED) is 0.469. The lowest BCUT2D eigenvalue weighted by Crippen LogP contribution is -2.15. The highest BCUT2D eigenvalue weighted by molar-refractivity contribution is 14.1. The van der Waals surface area contributed by atoms with Crippen LogP contribution in [0.2, 0.25) is 0 Å². The number of rotatable bonds is 4. The average molecular weight is 398 g/mol. The van der Waals surface area contributed by atoms with Gasteiger partial charge in [0.2, 0.25) is 0 Å². The number of nitrogens with zero attached hydrogens (tertiary/aromatic N) is 2. The third-order valence-electron chi connectivity index (χ3n) is 2.66. The van der Waals surface area contributed by atoms with E-state index in [0.717, 1.165) is 9.77 Å². The van der Waals surface area contributed by atoms with Gasteiger partial charge in [-0.3, -0.25) is 14.9 Å². The summed E-state index contributed by atoms with van der Waals surface area (Å²) in [6, 6.07) is 8.50. The van der Waals surface area contributed by atoms with Gasteiger partial charge in [0.15, 0.2) is 0 Å². The predicted molar refractivity (Wildman–Crippen MR) is 87.6 cm³/mol. The van der Waals surface area contributed by atoms with Crippen molar-refractivity contribution in [3.8, 4) is 0 Å². The summed E-state index contributed by atoms with van der Waals surface area (Å²) in [5, 5.41) is 16.4. The van der Waals surface area contributed by atoms with Gasteiger partial charge in [0, 0.05) is 22.4 Å². The molecule has 8 heteroatoms. The van der Waals surface area contributed by atoms with Crippen molar-refractivity contribution in [1.29, 1.82) is 0 Å². The van der Waals surface area contributed by atoms with Crippen molar-refractivity contribution in [1.82, 2.24) is 4.98 Å². The zero-order valence-corrected chi connectivity index (χ0v) is 13.1. The molecule has 21 heavy (non-hydrogen) atoms. The molecular formula is C13H11IN4O3. The molecule has 0 atom stereocenters. The van der Waals surface area contributed by atoms with Crippen molar-refractivity contribution in [2.24, 2.45) is 0 Å². The summed E-state index contributed by atoms with van der Waals surface area (Å²) in [4.78, 5) is 26.5. The number of amides is 1. The van der Waals surface area contributed by atoms with Crippen LogP contribution in [0.15, 0.2) is 36.5 Å². The first kappa shape index (κ1) is 15.2. The number of halogens is 1. The van der Waals surface area contributed by atoms with Crippen LogP contribution in [0.3, 0.4) is 0 Å². The van der Waals surface area contributed by atoms with Crippen LogP contribution in [0.5, 0.6) is 0 Å². The van der Waals surface area contributed by atoms with Crippen molar-refractivity contribution < 1.29 is 9.72 Å². The molecule has 0 aliphatic rings. The van der Waals surface area contributed by atoms with E-state index in [9.17, 15) is 14.9 Å². The van der Waals surface area contributed by atoms with Crippen LogP contribution in [0, 0.1) is 13.7 Å². The Bertz CT molecular complexity index is 706. The van der Waals surface area contributed by atoms with E-state index in [1.165, 1.54) is 6.07 Å². The molecule has 0 bridgehead atoms. The van der Waals surface area contributed by atoms with Gasteiger partial charge in [0.25, 0.3) is 11.6 Å². The fourth-order valence-electron chi connectivity index (χ4n) is 1.68. The fourth-order valence-corrected chi connectivity index (χ4v) is 2.22. The minimum atomic E-state index is -0.629. The first-order valence-corrected chi connectivity index (χ1v) is 6.98. The number of anilines is 2. The summed E-state index contributed by atoms with van der Waals surface area (Å²) in [7, 11) is 1.62. The number of pyridine rings is 1. The van der Waals surface area contributed by atoms with E-state index >= 15 is 0 Å². The summed E-state index contributed by atoms with van der Waals surface area (Å²) in [6.07, 6.45) is 1.06. The standard InChI is InChI=1S/C13H11IN4O3/c1-15-12-6-10(11(7-16-12)18(20)21)13(19)17-9-4-2-3-8(14)5-9/h2-7H,1H3,(H,15,16)(H,17,19). The molecule has 108 valence electrons. The van der Waals surface area contributed by atoms with Gasteiger partial charge in [0.05, 0.1) is 4.92 Å².